The molecule has 104 valence electrons. The van der Waals surface area contributed by atoms with Gasteiger partial charge in [0.15, 0.2) is 0 Å². The Labute approximate surface area is 121 Å². The number of carbonyl (C=O) groups excluding carboxylic acids is 1. The van der Waals surface area contributed by atoms with Crippen LogP contribution in [-0.4, -0.2) is 23.5 Å². The third kappa shape index (κ3) is 4.06. The first-order valence-electron chi connectivity index (χ1n) is 6.07. The summed E-state index contributed by atoms with van der Waals surface area (Å²) in [4.78, 5) is 23.2. The van der Waals surface area contributed by atoms with Crippen LogP contribution in [0, 0.1) is 12.3 Å². The molecule has 1 aromatic carbocycles. The van der Waals surface area contributed by atoms with E-state index in [0.717, 1.165) is 10.0 Å². The average molecular weight is 328 g/mol. The van der Waals surface area contributed by atoms with Crippen LogP contribution in [0.5, 0.6) is 0 Å². The zero-order valence-corrected chi connectivity index (χ0v) is 12.9. The van der Waals surface area contributed by atoms with Crippen LogP contribution in [0.1, 0.15) is 36.2 Å². The Morgan fingerprint density at radius 3 is 2.47 bits per heavy atom. The highest BCUT2D eigenvalue weighted by atomic mass is 79.9. The highest BCUT2D eigenvalue weighted by Crippen LogP contribution is 2.20. The van der Waals surface area contributed by atoms with Crippen molar-refractivity contribution in [2.75, 3.05) is 6.54 Å². The standard InChI is InChI=1S/C14H18BrNO3/c1-4-14(3,13(18)19)8-16-12(17)10-5-9(2)6-11(15)7-10/h5-7H,4,8H2,1-3H3,(H,16,17)(H,18,19). The molecule has 0 saturated carbocycles. The van der Waals surface area contributed by atoms with Crippen molar-refractivity contribution in [3.8, 4) is 0 Å². The minimum absolute atomic E-state index is 0.114. The normalized spacial score (nSPS) is 13.7. The SMILES string of the molecule is CCC(C)(CNC(=O)c1cc(C)cc(Br)c1)C(=O)O. The second kappa shape index (κ2) is 6.19. The smallest absolute Gasteiger partial charge is 0.311 e. The number of amides is 1. The third-order valence-corrected chi connectivity index (χ3v) is 3.70. The number of rotatable bonds is 5. The van der Waals surface area contributed by atoms with E-state index in [1.807, 2.05) is 13.0 Å². The molecule has 0 heterocycles. The van der Waals surface area contributed by atoms with Gasteiger partial charge in [-0.3, -0.25) is 9.59 Å². The second-order valence-electron chi connectivity index (χ2n) is 4.92. The van der Waals surface area contributed by atoms with Crippen molar-refractivity contribution in [2.24, 2.45) is 5.41 Å². The van der Waals surface area contributed by atoms with Gasteiger partial charge in [0.2, 0.25) is 0 Å². The van der Waals surface area contributed by atoms with Gasteiger partial charge in [0.25, 0.3) is 5.91 Å². The molecule has 0 spiro atoms. The van der Waals surface area contributed by atoms with Gasteiger partial charge in [-0.25, -0.2) is 0 Å². The predicted molar refractivity (Wildman–Crippen MR) is 77.2 cm³/mol. The first kappa shape index (κ1) is 15.7. The monoisotopic (exact) mass is 327 g/mol. The van der Waals surface area contributed by atoms with Crippen LogP contribution in [0.15, 0.2) is 22.7 Å². The van der Waals surface area contributed by atoms with Gasteiger partial charge >= 0.3 is 5.97 Å². The van der Waals surface area contributed by atoms with Gasteiger partial charge in [0.05, 0.1) is 5.41 Å². The fourth-order valence-electron chi connectivity index (χ4n) is 1.60. The predicted octanol–water partition coefficient (Wildman–Crippen LogP) is 2.99. The van der Waals surface area contributed by atoms with Crippen LogP contribution in [0.4, 0.5) is 0 Å². The molecule has 1 rings (SSSR count). The zero-order chi connectivity index (χ0) is 14.6. The first-order valence-corrected chi connectivity index (χ1v) is 6.86. The number of hydrogen-bond donors (Lipinski definition) is 2. The molecule has 1 unspecified atom stereocenters. The number of carboxylic acids is 1. The molecule has 0 aliphatic carbocycles. The maximum Gasteiger partial charge on any atom is 0.311 e. The van der Waals surface area contributed by atoms with Gasteiger partial charge < -0.3 is 10.4 Å². The van der Waals surface area contributed by atoms with E-state index in [1.54, 1.807) is 26.0 Å². The Bertz CT molecular complexity index is 481. The summed E-state index contributed by atoms with van der Waals surface area (Å²) < 4.78 is 0.828. The van der Waals surface area contributed by atoms with Gasteiger partial charge in [-0.1, -0.05) is 22.9 Å². The number of aryl methyl sites for hydroxylation is 1. The quantitative estimate of drug-likeness (QED) is 0.873. The molecular weight excluding hydrogens is 310 g/mol. The van der Waals surface area contributed by atoms with Crippen LogP contribution < -0.4 is 5.32 Å². The Morgan fingerprint density at radius 2 is 2.00 bits per heavy atom. The number of nitrogens with one attached hydrogen (secondary N) is 1. The Kier molecular flexibility index (Phi) is 5.11. The number of carbonyl (C=O) groups is 2. The highest BCUT2D eigenvalue weighted by molar-refractivity contribution is 9.10. The highest BCUT2D eigenvalue weighted by Gasteiger charge is 2.31. The van der Waals surface area contributed by atoms with E-state index in [0.29, 0.717) is 12.0 Å². The molecule has 0 saturated heterocycles. The summed E-state index contributed by atoms with van der Waals surface area (Å²) in [6.07, 6.45) is 0.458. The number of hydrogen-bond acceptors (Lipinski definition) is 2. The van der Waals surface area contributed by atoms with Crippen LogP contribution in [0.25, 0.3) is 0 Å². The number of carboxylic acid groups (broad SMARTS) is 1. The topological polar surface area (TPSA) is 66.4 Å². The van der Waals surface area contributed by atoms with Crippen molar-refractivity contribution in [1.29, 1.82) is 0 Å². The van der Waals surface area contributed by atoms with Crippen molar-refractivity contribution < 1.29 is 14.7 Å². The van der Waals surface area contributed by atoms with E-state index in [4.69, 9.17) is 5.11 Å². The summed E-state index contributed by atoms with van der Waals surface area (Å²) in [5.41, 5.74) is 0.559. The number of benzene rings is 1. The molecule has 0 radical (unpaired) electrons. The molecule has 1 aromatic rings. The van der Waals surface area contributed by atoms with Gasteiger partial charge in [-0.15, -0.1) is 0 Å². The lowest BCUT2D eigenvalue weighted by molar-refractivity contribution is -0.147. The van der Waals surface area contributed by atoms with E-state index in [-0.39, 0.29) is 12.5 Å². The number of aliphatic carboxylic acids is 1. The van der Waals surface area contributed by atoms with Gasteiger partial charge in [0, 0.05) is 16.6 Å². The van der Waals surface area contributed by atoms with Crippen molar-refractivity contribution in [2.45, 2.75) is 27.2 Å². The van der Waals surface area contributed by atoms with E-state index >= 15 is 0 Å². The Morgan fingerprint density at radius 1 is 1.37 bits per heavy atom. The molecule has 0 aliphatic rings. The maximum atomic E-state index is 12.0. The summed E-state index contributed by atoms with van der Waals surface area (Å²) in [6, 6.07) is 5.39. The summed E-state index contributed by atoms with van der Waals surface area (Å²) in [7, 11) is 0. The molecule has 2 N–H and O–H groups in total. The largest absolute Gasteiger partial charge is 0.481 e. The van der Waals surface area contributed by atoms with Gasteiger partial charge in [0.1, 0.15) is 0 Å². The van der Waals surface area contributed by atoms with Crippen LogP contribution in [0.2, 0.25) is 0 Å². The fourth-order valence-corrected chi connectivity index (χ4v) is 2.20. The van der Waals surface area contributed by atoms with Crippen molar-refractivity contribution in [1.82, 2.24) is 5.32 Å². The molecule has 1 atom stereocenters. The Balaban J connectivity index is 2.78. The molecule has 0 bridgehead atoms. The van der Waals surface area contributed by atoms with Crippen LogP contribution in [-0.2, 0) is 4.79 Å². The summed E-state index contributed by atoms with van der Waals surface area (Å²) in [6.45, 7) is 5.43. The minimum Gasteiger partial charge on any atom is -0.481 e. The van der Waals surface area contributed by atoms with Gasteiger partial charge in [-0.05, 0) is 44.0 Å². The van der Waals surface area contributed by atoms with Crippen LogP contribution >= 0.6 is 15.9 Å². The van der Waals surface area contributed by atoms with E-state index in [9.17, 15) is 9.59 Å². The third-order valence-electron chi connectivity index (χ3n) is 3.24. The average Bonchev–Trinajstić information content (AvgIpc) is 2.34. The van der Waals surface area contributed by atoms with Crippen molar-refractivity contribution >= 4 is 27.8 Å². The molecule has 19 heavy (non-hydrogen) atoms. The molecule has 1 amide bonds. The lowest BCUT2D eigenvalue weighted by atomic mass is 9.87. The molecule has 0 aliphatic heterocycles. The summed E-state index contributed by atoms with van der Waals surface area (Å²) in [5.74, 6) is -1.16. The van der Waals surface area contributed by atoms with Crippen molar-refractivity contribution in [3.05, 3.63) is 33.8 Å². The molecular formula is C14H18BrNO3. The molecule has 4 nitrogen and oxygen atoms in total. The van der Waals surface area contributed by atoms with Crippen LogP contribution in [0.3, 0.4) is 0 Å². The zero-order valence-electron chi connectivity index (χ0n) is 11.3. The van der Waals surface area contributed by atoms with E-state index in [1.165, 1.54) is 0 Å². The second-order valence-corrected chi connectivity index (χ2v) is 5.83. The van der Waals surface area contributed by atoms with E-state index < -0.39 is 11.4 Å². The molecule has 0 fully saturated rings. The lowest BCUT2D eigenvalue weighted by Gasteiger charge is -2.23. The number of halogens is 1. The first-order chi connectivity index (χ1) is 8.78. The van der Waals surface area contributed by atoms with Crippen molar-refractivity contribution in [3.63, 3.8) is 0 Å². The fraction of sp³-hybridized carbons (Fsp3) is 0.429. The summed E-state index contributed by atoms with van der Waals surface area (Å²) >= 11 is 3.33. The minimum atomic E-state index is -0.934. The Hall–Kier alpha value is -1.36. The van der Waals surface area contributed by atoms with Gasteiger partial charge in [-0.2, -0.15) is 0 Å². The molecule has 5 heteroatoms. The summed E-state index contributed by atoms with van der Waals surface area (Å²) in [5, 5.41) is 11.8. The lowest BCUT2D eigenvalue weighted by Crippen LogP contribution is -2.40. The maximum absolute atomic E-state index is 12.0. The molecule has 0 aromatic heterocycles. The van der Waals surface area contributed by atoms with E-state index in [2.05, 4.69) is 21.2 Å².